The molecule has 9 rings (SSSR count). The predicted molar refractivity (Wildman–Crippen MR) is 235 cm³/mol. The predicted octanol–water partition coefficient (Wildman–Crippen LogP) is 8.28. The summed E-state index contributed by atoms with van der Waals surface area (Å²) in [6, 6.07) is 37.8. The molecule has 3 aliphatic heterocycles. The molecule has 1 amide bonds. The number of rotatable bonds is 12. The molecule has 60 heavy (non-hydrogen) atoms. The van der Waals surface area contributed by atoms with Crippen molar-refractivity contribution in [2.45, 2.75) is 55.6 Å². The lowest BCUT2D eigenvalue weighted by Crippen LogP contribution is -2.55. The molecule has 3 fully saturated rings. The SMILES string of the molecule is CN(C)[C@@H](CN1CCC[C@H]1c1ncc(-c2ccc(-c3ccc(-c4cnc([C@@H]5COC6(CCOCC6)N5C(=O)[C@@H](c5ccccc5)N(C)C)[nH]4)cc3)cc2)[nH]1)c1ccccc1. The molecule has 11 heteroatoms. The lowest BCUT2D eigenvalue weighted by atomic mass is 9.97. The molecule has 0 bridgehead atoms. The number of carbonyl (C=O) groups is 1. The molecule has 1 spiro atoms. The highest BCUT2D eigenvalue weighted by atomic mass is 16.5. The summed E-state index contributed by atoms with van der Waals surface area (Å²) in [5, 5.41) is 0. The van der Waals surface area contributed by atoms with E-state index in [4.69, 9.17) is 19.4 Å². The zero-order chi connectivity index (χ0) is 41.2. The summed E-state index contributed by atoms with van der Waals surface area (Å²) in [5.74, 6) is 1.77. The van der Waals surface area contributed by atoms with Gasteiger partial charge in [0.15, 0.2) is 0 Å². The van der Waals surface area contributed by atoms with Gasteiger partial charge in [-0.15, -0.1) is 0 Å². The van der Waals surface area contributed by atoms with Crippen LogP contribution in [0.3, 0.4) is 0 Å². The number of nitrogens with one attached hydrogen (secondary N) is 2. The topological polar surface area (TPSA) is 106 Å². The van der Waals surface area contributed by atoms with Crippen molar-refractivity contribution in [3.05, 3.63) is 144 Å². The van der Waals surface area contributed by atoms with E-state index in [1.807, 2.05) is 66.6 Å². The van der Waals surface area contributed by atoms with Crippen molar-refractivity contribution < 1.29 is 14.3 Å². The lowest BCUT2D eigenvalue weighted by molar-refractivity contribution is -0.173. The fraction of sp³-hybridized carbons (Fsp3) is 0.367. The average Bonchev–Trinajstić information content (AvgIpc) is 4.11. The Labute approximate surface area is 353 Å². The number of nitrogens with zero attached hydrogens (tertiary/aromatic N) is 6. The van der Waals surface area contributed by atoms with Crippen molar-refractivity contribution >= 4 is 5.91 Å². The fourth-order valence-electron chi connectivity index (χ4n) is 9.53. The minimum atomic E-state index is -0.734. The Bertz CT molecular complexity index is 2340. The number of hydrogen-bond donors (Lipinski definition) is 2. The molecule has 0 aliphatic carbocycles. The maximum atomic E-state index is 14.7. The first kappa shape index (κ1) is 40.0. The number of hydrogen-bond acceptors (Lipinski definition) is 8. The fourth-order valence-corrected chi connectivity index (χ4v) is 9.53. The van der Waals surface area contributed by atoms with Gasteiger partial charge in [-0.2, -0.15) is 0 Å². The summed E-state index contributed by atoms with van der Waals surface area (Å²) in [4.78, 5) is 40.5. The van der Waals surface area contributed by atoms with E-state index in [-0.39, 0.29) is 18.0 Å². The number of amides is 1. The van der Waals surface area contributed by atoms with E-state index in [1.54, 1.807) is 0 Å². The summed E-state index contributed by atoms with van der Waals surface area (Å²) in [5.41, 5.74) is 7.90. The zero-order valence-corrected chi connectivity index (χ0v) is 35.1. The van der Waals surface area contributed by atoms with Crippen molar-refractivity contribution in [3.8, 4) is 33.6 Å². The second-order valence-corrected chi connectivity index (χ2v) is 16.9. The molecule has 6 aromatic rings. The van der Waals surface area contributed by atoms with Crippen molar-refractivity contribution in [3.63, 3.8) is 0 Å². The molecular weight excluding hydrogens is 749 g/mol. The van der Waals surface area contributed by atoms with Crippen LogP contribution in [0.1, 0.15) is 72.6 Å². The van der Waals surface area contributed by atoms with E-state index in [1.165, 1.54) is 12.0 Å². The van der Waals surface area contributed by atoms with E-state index in [2.05, 4.69) is 113 Å². The van der Waals surface area contributed by atoms with Crippen molar-refractivity contribution in [2.24, 2.45) is 0 Å². The quantitative estimate of drug-likeness (QED) is 0.127. The Kier molecular flexibility index (Phi) is 11.5. The van der Waals surface area contributed by atoms with Crippen LogP contribution in [0.5, 0.6) is 0 Å². The molecule has 0 unspecified atom stereocenters. The van der Waals surface area contributed by atoms with Crippen LogP contribution in [0, 0.1) is 0 Å². The maximum Gasteiger partial charge on any atom is 0.247 e. The van der Waals surface area contributed by atoms with Crippen LogP contribution in [0.15, 0.2) is 122 Å². The van der Waals surface area contributed by atoms with Crippen LogP contribution in [0.4, 0.5) is 0 Å². The van der Waals surface area contributed by atoms with Crippen LogP contribution < -0.4 is 0 Å². The third-order valence-electron chi connectivity index (χ3n) is 12.8. The Morgan fingerprint density at radius 2 is 1.25 bits per heavy atom. The highest BCUT2D eigenvalue weighted by Gasteiger charge is 2.54. The van der Waals surface area contributed by atoms with Gasteiger partial charge < -0.3 is 24.3 Å². The Morgan fingerprint density at radius 1 is 0.717 bits per heavy atom. The molecule has 2 N–H and O–H groups in total. The van der Waals surface area contributed by atoms with E-state index < -0.39 is 11.8 Å². The monoisotopic (exact) mass is 804 g/mol. The van der Waals surface area contributed by atoms with Gasteiger partial charge in [-0.05, 0) is 81.0 Å². The number of imidazole rings is 2. The van der Waals surface area contributed by atoms with Gasteiger partial charge in [0.2, 0.25) is 5.91 Å². The summed E-state index contributed by atoms with van der Waals surface area (Å²) in [6.45, 7) is 3.50. The van der Waals surface area contributed by atoms with Crippen LogP contribution in [0.25, 0.3) is 33.6 Å². The van der Waals surface area contributed by atoms with Crippen LogP contribution in [0.2, 0.25) is 0 Å². The third-order valence-corrected chi connectivity index (χ3v) is 12.8. The van der Waals surface area contributed by atoms with Gasteiger partial charge in [0.05, 0.1) is 49.6 Å². The van der Waals surface area contributed by atoms with Gasteiger partial charge in [0, 0.05) is 25.4 Å². The van der Waals surface area contributed by atoms with E-state index >= 15 is 0 Å². The van der Waals surface area contributed by atoms with E-state index in [9.17, 15) is 4.79 Å². The maximum absolute atomic E-state index is 14.7. The van der Waals surface area contributed by atoms with Gasteiger partial charge in [0.25, 0.3) is 0 Å². The average molecular weight is 805 g/mol. The number of ether oxygens (including phenoxy) is 2. The number of benzene rings is 4. The molecule has 4 atom stereocenters. The summed E-state index contributed by atoms with van der Waals surface area (Å²) in [7, 11) is 8.24. The minimum absolute atomic E-state index is 0.00480. The summed E-state index contributed by atoms with van der Waals surface area (Å²) < 4.78 is 12.3. The molecule has 2 aromatic heterocycles. The first-order valence-corrected chi connectivity index (χ1v) is 21.3. The van der Waals surface area contributed by atoms with Gasteiger partial charge in [-0.25, -0.2) is 9.97 Å². The first-order chi connectivity index (χ1) is 29.3. The van der Waals surface area contributed by atoms with Crippen molar-refractivity contribution in [1.82, 2.24) is 39.5 Å². The molecule has 3 saturated heterocycles. The lowest BCUT2D eigenvalue weighted by Gasteiger charge is -2.43. The smallest absolute Gasteiger partial charge is 0.247 e. The normalized spacial score (nSPS) is 20.3. The molecule has 310 valence electrons. The molecule has 4 aromatic carbocycles. The van der Waals surface area contributed by atoms with Crippen LogP contribution in [-0.4, -0.2) is 112 Å². The Balaban J connectivity index is 0.886. The van der Waals surface area contributed by atoms with Gasteiger partial charge >= 0.3 is 0 Å². The van der Waals surface area contributed by atoms with E-state index in [0.717, 1.165) is 70.4 Å². The van der Waals surface area contributed by atoms with Crippen LogP contribution >= 0.6 is 0 Å². The minimum Gasteiger partial charge on any atom is -0.381 e. The second kappa shape index (κ2) is 17.3. The van der Waals surface area contributed by atoms with Gasteiger partial charge in [0.1, 0.15) is 29.5 Å². The third kappa shape index (κ3) is 7.96. The molecule has 0 saturated carbocycles. The number of likely N-dealkylation sites (N-methyl/N-ethyl adjacent to an activating group) is 2. The Hall–Kier alpha value is -5.43. The summed E-state index contributed by atoms with van der Waals surface area (Å²) >= 11 is 0. The summed E-state index contributed by atoms with van der Waals surface area (Å²) in [6.07, 6.45) is 7.36. The van der Waals surface area contributed by atoms with Gasteiger partial charge in [-0.1, -0.05) is 109 Å². The van der Waals surface area contributed by atoms with Crippen molar-refractivity contribution in [2.75, 3.05) is 61.1 Å². The van der Waals surface area contributed by atoms with Crippen molar-refractivity contribution in [1.29, 1.82) is 0 Å². The molecule has 3 aliphatic rings. The Morgan fingerprint density at radius 3 is 1.80 bits per heavy atom. The number of aromatic nitrogens is 4. The highest BCUT2D eigenvalue weighted by Crippen LogP contribution is 2.45. The first-order valence-electron chi connectivity index (χ1n) is 21.3. The largest absolute Gasteiger partial charge is 0.381 e. The number of H-pyrrole nitrogens is 2. The number of likely N-dealkylation sites (tertiary alicyclic amines) is 1. The number of aromatic amines is 2. The second-order valence-electron chi connectivity index (χ2n) is 16.9. The number of carbonyl (C=O) groups excluding carboxylic acids is 1. The zero-order valence-electron chi connectivity index (χ0n) is 35.1. The van der Waals surface area contributed by atoms with E-state index in [0.29, 0.717) is 38.7 Å². The molecule has 5 heterocycles. The molecular formula is C49H56N8O3. The van der Waals surface area contributed by atoms with Gasteiger partial charge in [-0.3, -0.25) is 19.5 Å². The van der Waals surface area contributed by atoms with Crippen LogP contribution in [-0.2, 0) is 14.3 Å². The highest BCUT2D eigenvalue weighted by molar-refractivity contribution is 5.84. The standard InChI is InChI=1S/C49H56N8O3/c1-54(2)43(38-12-7-5-8-13-38)32-56-27-11-16-42(56)46-50-30-40(52-46)36-21-17-34(18-22-36)35-19-23-37(24-20-35)41-31-51-47(53-41)44-33-60-49(25-28-59-29-26-49)57(44)48(58)45(55(3)4)39-14-9-6-10-15-39/h5-10,12-15,17-24,30-31,42-45H,11,16,25-29,32-33H2,1-4H3,(H,50,52)(H,51,53)/t42-,43-,44-,45+/m0/s1. The molecule has 11 nitrogen and oxygen atoms in total. The molecule has 0 radical (unpaired) electrons.